The van der Waals surface area contributed by atoms with E-state index in [9.17, 15) is 0 Å². The number of hydrogen-bond donors (Lipinski definition) is 0. The van der Waals surface area contributed by atoms with Crippen LogP contribution in [0.5, 0.6) is 0 Å². The number of fused-ring (bicyclic) bond motifs is 2. The van der Waals surface area contributed by atoms with E-state index < -0.39 is 0 Å². The molecule has 1 heteroatoms. The monoisotopic (exact) mass is 311 g/mol. The zero-order chi connectivity index (χ0) is 15.9. The fraction of sp³-hybridized carbons (Fsp3) is 0.591. The maximum atomic E-state index is 6.11. The molecule has 0 amide bonds. The van der Waals surface area contributed by atoms with Gasteiger partial charge in [-0.05, 0) is 30.9 Å². The van der Waals surface area contributed by atoms with Crippen molar-refractivity contribution in [2.75, 3.05) is 0 Å². The van der Waals surface area contributed by atoms with Crippen molar-refractivity contribution in [3.8, 4) is 0 Å². The lowest BCUT2D eigenvalue weighted by atomic mass is 9.83. The smallest absolute Gasteiger partial charge is 0.212 e. The first-order valence-corrected chi connectivity index (χ1v) is 9.70. The van der Waals surface area contributed by atoms with Crippen molar-refractivity contribution in [1.29, 1.82) is 0 Å². The second-order valence-corrected chi connectivity index (χ2v) is 7.25. The van der Waals surface area contributed by atoms with Crippen LogP contribution in [-0.2, 0) is 12.8 Å². The van der Waals surface area contributed by atoms with Crippen LogP contribution in [0.15, 0.2) is 34.7 Å². The highest BCUT2D eigenvalue weighted by atomic mass is 16.3. The molecule has 1 aromatic carbocycles. The van der Waals surface area contributed by atoms with Crippen molar-refractivity contribution in [2.24, 2.45) is 5.92 Å². The SMILES string of the molecule is CCCCCCCCCC1CCc2[o+]c3ccccc3cc2C1. The van der Waals surface area contributed by atoms with E-state index in [1.54, 1.807) is 0 Å². The lowest BCUT2D eigenvalue weighted by Crippen LogP contribution is -2.14. The van der Waals surface area contributed by atoms with Gasteiger partial charge in [0.15, 0.2) is 0 Å². The number of benzene rings is 1. The second-order valence-electron chi connectivity index (χ2n) is 7.25. The highest BCUT2D eigenvalue weighted by Gasteiger charge is 2.27. The standard InChI is InChI=1S/C22H31O/c1-2-3-4-5-6-7-8-11-18-14-15-22-20(16-18)17-19-12-9-10-13-21(19)23-22/h9-10,12-13,17-18H,2-8,11,14-16H2,1H3/q+1. The van der Waals surface area contributed by atoms with Crippen LogP contribution in [0.3, 0.4) is 0 Å². The number of rotatable bonds is 8. The van der Waals surface area contributed by atoms with Crippen LogP contribution in [0.2, 0.25) is 0 Å². The first kappa shape index (κ1) is 16.5. The number of para-hydroxylation sites is 1. The maximum absolute atomic E-state index is 6.11. The van der Waals surface area contributed by atoms with Gasteiger partial charge in [0, 0.05) is 6.07 Å². The Hall–Kier alpha value is -1.37. The summed E-state index contributed by atoms with van der Waals surface area (Å²) >= 11 is 0. The number of hydrogen-bond acceptors (Lipinski definition) is 0. The zero-order valence-corrected chi connectivity index (χ0v) is 14.7. The van der Waals surface area contributed by atoms with E-state index in [-0.39, 0.29) is 0 Å². The Bertz CT molecular complexity index is 616. The molecule has 0 bridgehead atoms. The lowest BCUT2D eigenvalue weighted by Gasteiger charge is -2.19. The minimum absolute atomic E-state index is 0.870. The highest BCUT2D eigenvalue weighted by Crippen LogP contribution is 2.32. The fourth-order valence-electron chi connectivity index (χ4n) is 3.93. The normalized spacial score (nSPS) is 17.3. The molecule has 0 radical (unpaired) electrons. The molecule has 0 saturated carbocycles. The summed E-state index contributed by atoms with van der Waals surface area (Å²) in [5.74, 6) is 2.11. The summed E-state index contributed by atoms with van der Waals surface area (Å²) in [6.45, 7) is 2.29. The van der Waals surface area contributed by atoms with Gasteiger partial charge in [0.25, 0.3) is 0 Å². The van der Waals surface area contributed by atoms with Gasteiger partial charge in [0.1, 0.15) is 0 Å². The molecule has 23 heavy (non-hydrogen) atoms. The van der Waals surface area contributed by atoms with Crippen LogP contribution < -0.4 is 0 Å². The highest BCUT2D eigenvalue weighted by molar-refractivity contribution is 5.77. The van der Waals surface area contributed by atoms with E-state index in [4.69, 9.17) is 4.42 Å². The van der Waals surface area contributed by atoms with E-state index >= 15 is 0 Å². The average molecular weight is 311 g/mol. The molecule has 1 atom stereocenters. The predicted molar refractivity (Wildman–Crippen MR) is 98.7 cm³/mol. The van der Waals surface area contributed by atoms with Crippen molar-refractivity contribution in [3.05, 3.63) is 41.7 Å². The summed E-state index contributed by atoms with van der Waals surface area (Å²) < 4.78 is 6.11. The van der Waals surface area contributed by atoms with Gasteiger partial charge >= 0.3 is 11.3 Å². The first-order chi connectivity index (χ1) is 11.4. The summed E-state index contributed by atoms with van der Waals surface area (Å²) in [4.78, 5) is 0. The van der Waals surface area contributed by atoms with Crippen molar-refractivity contribution < 1.29 is 4.42 Å². The molecule has 0 fully saturated rings. The van der Waals surface area contributed by atoms with Gasteiger partial charge in [0.2, 0.25) is 0 Å². The molecule has 1 aliphatic rings. The van der Waals surface area contributed by atoms with E-state index in [2.05, 4.69) is 37.3 Å². The van der Waals surface area contributed by atoms with E-state index in [0.29, 0.717) is 0 Å². The summed E-state index contributed by atoms with van der Waals surface area (Å²) in [6.07, 6.45) is 15.0. The zero-order valence-electron chi connectivity index (χ0n) is 14.7. The molecule has 1 nitrogen and oxygen atoms in total. The molecule has 124 valence electrons. The van der Waals surface area contributed by atoms with Crippen LogP contribution in [0.1, 0.15) is 76.0 Å². The van der Waals surface area contributed by atoms with Gasteiger partial charge in [0.05, 0.1) is 17.4 Å². The summed E-state index contributed by atoms with van der Waals surface area (Å²) in [5.41, 5.74) is 2.50. The van der Waals surface area contributed by atoms with Crippen LogP contribution in [-0.4, -0.2) is 0 Å². The Morgan fingerprint density at radius 2 is 1.78 bits per heavy atom. The van der Waals surface area contributed by atoms with E-state index in [1.807, 2.05) is 0 Å². The van der Waals surface area contributed by atoms with Crippen LogP contribution >= 0.6 is 0 Å². The number of aryl methyl sites for hydroxylation is 1. The van der Waals surface area contributed by atoms with Crippen LogP contribution in [0.4, 0.5) is 0 Å². The van der Waals surface area contributed by atoms with Crippen molar-refractivity contribution in [3.63, 3.8) is 0 Å². The molecule has 1 aromatic heterocycles. The largest absolute Gasteiger partial charge is 0.360 e. The third-order valence-corrected chi connectivity index (χ3v) is 5.34. The second kappa shape index (κ2) is 8.47. The van der Waals surface area contributed by atoms with Gasteiger partial charge in [-0.15, -0.1) is 0 Å². The average Bonchev–Trinajstić information content (AvgIpc) is 2.59. The van der Waals surface area contributed by atoms with Gasteiger partial charge < -0.3 is 0 Å². The maximum Gasteiger partial charge on any atom is 0.360 e. The Labute approximate surface area is 141 Å². The molecule has 2 aromatic rings. The van der Waals surface area contributed by atoms with Crippen molar-refractivity contribution in [1.82, 2.24) is 0 Å². The lowest BCUT2D eigenvalue weighted by molar-refractivity contribution is 0.370. The molecule has 0 aliphatic heterocycles. The number of unbranched alkanes of at least 4 members (excludes halogenated alkanes) is 6. The Morgan fingerprint density at radius 1 is 1.00 bits per heavy atom. The van der Waals surface area contributed by atoms with Gasteiger partial charge in [-0.3, -0.25) is 0 Å². The predicted octanol–water partition coefficient (Wildman–Crippen LogP) is 6.96. The molecule has 1 unspecified atom stereocenters. The van der Waals surface area contributed by atoms with E-state index in [0.717, 1.165) is 17.9 Å². The Morgan fingerprint density at radius 3 is 2.65 bits per heavy atom. The molecule has 1 aliphatic carbocycles. The fourth-order valence-corrected chi connectivity index (χ4v) is 3.93. The third-order valence-electron chi connectivity index (χ3n) is 5.34. The third kappa shape index (κ3) is 4.56. The molecular weight excluding hydrogens is 280 g/mol. The topological polar surface area (TPSA) is 11.3 Å². The Kier molecular flexibility index (Phi) is 6.07. The summed E-state index contributed by atoms with van der Waals surface area (Å²) in [6, 6.07) is 10.8. The van der Waals surface area contributed by atoms with Crippen molar-refractivity contribution in [2.45, 2.75) is 77.6 Å². The van der Waals surface area contributed by atoms with Crippen LogP contribution in [0, 0.1) is 5.92 Å². The molecule has 1 heterocycles. The van der Waals surface area contributed by atoms with Crippen molar-refractivity contribution >= 4 is 11.0 Å². The minimum atomic E-state index is 0.870. The Balaban J connectivity index is 1.47. The van der Waals surface area contributed by atoms with Crippen LogP contribution in [0.25, 0.3) is 11.0 Å². The van der Waals surface area contributed by atoms with Gasteiger partial charge in [-0.2, -0.15) is 0 Å². The first-order valence-electron chi connectivity index (χ1n) is 9.70. The molecule has 0 spiro atoms. The molecular formula is C22H31O+. The van der Waals surface area contributed by atoms with Gasteiger partial charge in [-0.25, -0.2) is 4.42 Å². The van der Waals surface area contributed by atoms with Gasteiger partial charge in [-0.1, -0.05) is 70.4 Å². The summed E-state index contributed by atoms with van der Waals surface area (Å²) in [5, 5.41) is 1.25. The quantitative estimate of drug-likeness (QED) is 0.379. The molecule has 0 N–H and O–H groups in total. The molecule has 3 rings (SSSR count). The minimum Gasteiger partial charge on any atom is -0.212 e. The molecule has 0 saturated heterocycles. The summed E-state index contributed by atoms with van der Waals surface area (Å²) in [7, 11) is 0. The van der Waals surface area contributed by atoms with E-state index in [1.165, 1.54) is 80.9 Å².